The zero-order chi connectivity index (χ0) is 11.8. The summed E-state index contributed by atoms with van der Waals surface area (Å²) >= 11 is 5.89. The van der Waals surface area contributed by atoms with E-state index in [1.165, 1.54) is 0 Å². The fourth-order valence-corrected chi connectivity index (χ4v) is 1.44. The first kappa shape index (κ1) is 13.3. The molecule has 1 aromatic carbocycles. The van der Waals surface area contributed by atoms with Crippen molar-refractivity contribution < 1.29 is 4.74 Å². The fraction of sp³-hybridized carbons (Fsp3) is 0.538. The zero-order valence-electron chi connectivity index (χ0n) is 10.0. The number of benzene rings is 1. The normalized spacial score (nSPS) is 12.8. The van der Waals surface area contributed by atoms with E-state index in [4.69, 9.17) is 16.3 Å². The maximum atomic E-state index is 5.89. The minimum atomic E-state index is 0.248. The highest BCUT2D eigenvalue weighted by molar-refractivity contribution is 6.20. The van der Waals surface area contributed by atoms with Gasteiger partial charge in [0.15, 0.2) is 0 Å². The van der Waals surface area contributed by atoms with Crippen molar-refractivity contribution in [2.24, 2.45) is 0 Å². The van der Waals surface area contributed by atoms with Crippen LogP contribution in [0.25, 0.3) is 0 Å². The number of ether oxygens (including phenoxy) is 1. The molecule has 0 fully saturated rings. The number of para-hydroxylation sites is 1. The lowest BCUT2D eigenvalue weighted by atomic mass is 10.3. The number of alkyl halides is 1. The average molecular weight is 242 g/mol. The Morgan fingerprint density at radius 2 is 1.94 bits per heavy atom. The summed E-state index contributed by atoms with van der Waals surface area (Å²) in [6.45, 7) is 4.69. The van der Waals surface area contributed by atoms with Crippen LogP contribution < -0.4 is 4.74 Å². The van der Waals surface area contributed by atoms with E-state index >= 15 is 0 Å². The fourth-order valence-electron chi connectivity index (χ4n) is 1.35. The van der Waals surface area contributed by atoms with Crippen LogP contribution in [-0.4, -0.2) is 37.0 Å². The summed E-state index contributed by atoms with van der Waals surface area (Å²) in [4.78, 5) is 2.24. The van der Waals surface area contributed by atoms with E-state index in [1.807, 2.05) is 37.3 Å². The van der Waals surface area contributed by atoms with Gasteiger partial charge in [-0.25, -0.2) is 0 Å². The molecule has 1 unspecified atom stereocenters. The van der Waals surface area contributed by atoms with Gasteiger partial charge in [0, 0.05) is 11.9 Å². The van der Waals surface area contributed by atoms with Crippen LogP contribution in [0.4, 0.5) is 0 Å². The molecule has 16 heavy (non-hydrogen) atoms. The predicted octanol–water partition coefficient (Wildman–Crippen LogP) is 3.01. The Bertz CT molecular complexity index is 277. The molecule has 1 atom stereocenters. The van der Waals surface area contributed by atoms with E-state index in [2.05, 4.69) is 11.9 Å². The third kappa shape index (κ3) is 5.99. The first-order chi connectivity index (χ1) is 7.68. The molecule has 0 heterocycles. The van der Waals surface area contributed by atoms with E-state index in [0.717, 1.165) is 31.9 Å². The lowest BCUT2D eigenvalue weighted by Crippen LogP contribution is -2.26. The first-order valence-electron chi connectivity index (χ1n) is 5.69. The van der Waals surface area contributed by atoms with Gasteiger partial charge in [-0.05, 0) is 39.1 Å². The Kier molecular flexibility index (Phi) is 6.27. The van der Waals surface area contributed by atoms with Crippen LogP contribution in [0.15, 0.2) is 30.3 Å². The van der Waals surface area contributed by atoms with Gasteiger partial charge in [-0.3, -0.25) is 0 Å². The molecule has 90 valence electrons. The van der Waals surface area contributed by atoms with Crippen molar-refractivity contribution in [2.45, 2.75) is 18.7 Å². The number of hydrogen-bond donors (Lipinski definition) is 0. The van der Waals surface area contributed by atoms with E-state index in [-0.39, 0.29) is 5.38 Å². The van der Waals surface area contributed by atoms with Gasteiger partial charge >= 0.3 is 0 Å². The molecule has 0 aliphatic heterocycles. The van der Waals surface area contributed by atoms with Gasteiger partial charge in [0.05, 0.1) is 0 Å². The van der Waals surface area contributed by atoms with Crippen LogP contribution in [0.3, 0.4) is 0 Å². The summed E-state index contributed by atoms with van der Waals surface area (Å²) in [5, 5.41) is 0.248. The molecule has 0 aliphatic rings. The summed E-state index contributed by atoms with van der Waals surface area (Å²) in [6, 6.07) is 9.89. The molecular formula is C13H20ClNO. The number of rotatable bonds is 7. The Labute approximate surface area is 103 Å². The molecular weight excluding hydrogens is 222 g/mol. The Balaban J connectivity index is 2.11. The molecule has 0 aliphatic carbocycles. The van der Waals surface area contributed by atoms with Gasteiger partial charge in [0.1, 0.15) is 12.4 Å². The van der Waals surface area contributed by atoms with Crippen molar-refractivity contribution in [3.8, 4) is 5.75 Å². The molecule has 0 radical (unpaired) electrons. The van der Waals surface area contributed by atoms with Gasteiger partial charge in [-0.15, -0.1) is 11.6 Å². The molecule has 0 N–H and O–H groups in total. The molecule has 3 heteroatoms. The summed E-state index contributed by atoms with van der Waals surface area (Å²) in [5.74, 6) is 0.932. The number of likely N-dealkylation sites (N-methyl/N-ethyl adjacent to an activating group) is 1. The molecule has 0 saturated heterocycles. The van der Waals surface area contributed by atoms with E-state index in [1.54, 1.807) is 0 Å². The van der Waals surface area contributed by atoms with Crippen LogP contribution in [-0.2, 0) is 0 Å². The van der Waals surface area contributed by atoms with Gasteiger partial charge in [-0.1, -0.05) is 18.2 Å². The zero-order valence-corrected chi connectivity index (χ0v) is 10.8. The average Bonchev–Trinajstić information content (AvgIpc) is 2.28. The maximum absolute atomic E-state index is 5.89. The number of hydrogen-bond acceptors (Lipinski definition) is 2. The van der Waals surface area contributed by atoms with Crippen LogP contribution >= 0.6 is 11.6 Å². The molecule has 0 amide bonds. The predicted molar refractivity (Wildman–Crippen MR) is 69.4 cm³/mol. The molecule has 0 aromatic heterocycles. The van der Waals surface area contributed by atoms with Crippen molar-refractivity contribution in [3.05, 3.63) is 30.3 Å². The van der Waals surface area contributed by atoms with Crippen molar-refractivity contribution in [1.29, 1.82) is 0 Å². The molecule has 0 spiro atoms. The highest BCUT2D eigenvalue weighted by atomic mass is 35.5. The number of halogens is 1. The van der Waals surface area contributed by atoms with Gasteiger partial charge in [0.25, 0.3) is 0 Å². The van der Waals surface area contributed by atoms with Crippen molar-refractivity contribution >= 4 is 11.6 Å². The molecule has 1 aromatic rings. The third-order valence-corrected chi connectivity index (χ3v) is 2.61. The second-order valence-electron chi connectivity index (χ2n) is 4.03. The van der Waals surface area contributed by atoms with Crippen LogP contribution in [0, 0.1) is 0 Å². The van der Waals surface area contributed by atoms with Gasteiger partial charge in [0.2, 0.25) is 0 Å². The highest BCUT2D eigenvalue weighted by Crippen LogP contribution is 2.08. The standard InChI is InChI=1S/C13H20ClNO/c1-12(14)8-9-15(2)10-11-16-13-6-4-3-5-7-13/h3-7,12H,8-11H2,1-2H3. The third-order valence-electron chi connectivity index (χ3n) is 2.39. The highest BCUT2D eigenvalue weighted by Gasteiger charge is 2.01. The first-order valence-corrected chi connectivity index (χ1v) is 6.12. The SMILES string of the molecule is CC(Cl)CCN(C)CCOc1ccccc1. The molecule has 1 rings (SSSR count). The topological polar surface area (TPSA) is 12.5 Å². The minimum Gasteiger partial charge on any atom is -0.492 e. The smallest absolute Gasteiger partial charge is 0.119 e. The maximum Gasteiger partial charge on any atom is 0.119 e. The Morgan fingerprint density at radius 3 is 2.56 bits per heavy atom. The van der Waals surface area contributed by atoms with Crippen molar-refractivity contribution in [1.82, 2.24) is 4.90 Å². The van der Waals surface area contributed by atoms with Crippen LogP contribution in [0.5, 0.6) is 5.75 Å². The van der Waals surface area contributed by atoms with Crippen molar-refractivity contribution in [3.63, 3.8) is 0 Å². The lowest BCUT2D eigenvalue weighted by molar-refractivity contribution is 0.236. The second-order valence-corrected chi connectivity index (χ2v) is 4.78. The van der Waals surface area contributed by atoms with E-state index < -0.39 is 0 Å². The molecule has 0 saturated carbocycles. The molecule has 0 bridgehead atoms. The van der Waals surface area contributed by atoms with E-state index in [9.17, 15) is 0 Å². The largest absolute Gasteiger partial charge is 0.492 e. The second kappa shape index (κ2) is 7.53. The van der Waals surface area contributed by atoms with Crippen LogP contribution in [0.2, 0.25) is 0 Å². The summed E-state index contributed by atoms with van der Waals surface area (Å²) in [6.07, 6.45) is 1.02. The summed E-state index contributed by atoms with van der Waals surface area (Å²) < 4.78 is 5.61. The lowest BCUT2D eigenvalue weighted by Gasteiger charge is -2.17. The summed E-state index contributed by atoms with van der Waals surface area (Å²) in [5.41, 5.74) is 0. The Hall–Kier alpha value is -0.730. The Morgan fingerprint density at radius 1 is 1.25 bits per heavy atom. The van der Waals surface area contributed by atoms with Gasteiger partial charge < -0.3 is 9.64 Å². The number of nitrogens with zero attached hydrogens (tertiary/aromatic N) is 1. The minimum absolute atomic E-state index is 0.248. The summed E-state index contributed by atoms with van der Waals surface area (Å²) in [7, 11) is 2.09. The van der Waals surface area contributed by atoms with Crippen LogP contribution in [0.1, 0.15) is 13.3 Å². The van der Waals surface area contributed by atoms with Crippen molar-refractivity contribution in [2.75, 3.05) is 26.7 Å². The van der Waals surface area contributed by atoms with Gasteiger partial charge in [-0.2, -0.15) is 0 Å². The monoisotopic (exact) mass is 241 g/mol. The van der Waals surface area contributed by atoms with E-state index in [0.29, 0.717) is 0 Å². The quantitative estimate of drug-likeness (QED) is 0.681. The molecule has 2 nitrogen and oxygen atoms in total.